The first-order valence-corrected chi connectivity index (χ1v) is 9.61. The zero-order valence-electron chi connectivity index (χ0n) is 14.6. The van der Waals surface area contributed by atoms with Crippen LogP contribution in [-0.2, 0) is 0 Å². The highest BCUT2D eigenvalue weighted by atomic mass is 32.1. The molecule has 0 unspecified atom stereocenters. The normalized spacial score (nSPS) is 14.2. The molecule has 1 fully saturated rings. The number of amides is 1. The lowest BCUT2D eigenvalue weighted by Gasteiger charge is -2.29. The molecule has 4 rings (SSSR count). The van der Waals surface area contributed by atoms with Gasteiger partial charge in [0, 0.05) is 42.8 Å². The van der Waals surface area contributed by atoms with E-state index in [0.717, 1.165) is 36.9 Å². The van der Waals surface area contributed by atoms with Crippen LogP contribution in [0.4, 0.5) is 15.9 Å². The van der Waals surface area contributed by atoms with E-state index < -0.39 is 0 Å². The van der Waals surface area contributed by atoms with Crippen molar-refractivity contribution in [2.75, 3.05) is 36.4 Å². The minimum atomic E-state index is -0.292. The lowest BCUT2D eigenvalue weighted by molar-refractivity contribution is 0.103. The summed E-state index contributed by atoms with van der Waals surface area (Å²) < 4.78 is 14.0. The number of anilines is 2. The Morgan fingerprint density at radius 2 is 1.93 bits per heavy atom. The summed E-state index contributed by atoms with van der Waals surface area (Å²) >= 11 is 1.27. The topological polar surface area (TPSA) is 57.3 Å². The highest BCUT2D eigenvalue weighted by Crippen LogP contribution is 2.31. The third-order valence-electron chi connectivity index (χ3n) is 4.42. The van der Waals surface area contributed by atoms with Gasteiger partial charge < -0.3 is 15.5 Å². The van der Waals surface area contributed by atoms with Crippen molar-refractivity contribution >= 4 is 28.7 Å². The molecule has 1 aliphatic rings. The second-order valence-electron chi connectivity index (χ2n) is 6.21. The van der Waals surface area contributed by atoms with Crippen LogP contribution in [0.25, 0.3) is 10.4 Å². The number of nitrogens with zero attached hydrogens (tertiary/aromatic N) is 2. The Balaban J connectivity index is 1.54. The second-order valence-corrected chi connectivity index (χ2v) is 7.29. The van der Waals surface area contributed by atoms with E-state index in [1.807, 2.05) is 6.07 Å². The molecule has 27 heavy (non-hydrogen) atoms. The van der Waals surface area contributed by atoms with Crippen molar-refractivity contribution in [2.45, 2.75) is 0 Å². The number of piperazine rings is 1. The van der Waals surface area contributed by atoms with Crippen molar-refractivity contribution in [1.82, 2.24) is 10.3 Å². The molecule has 0 radical (unpaired) electrons. The second kappa shape index (κ2) is 7.85. The molecule has 5 nitrogen and oxygen atoms in total. The van der Waals surface area contributed by atoms with Gasteiger partial charge in [0.15, 0.2) is 5.82 Å². The number of aromatic nitrogens is 1. The molecule has 1 aromatic carbocycles. The van der Waals surface area contributed by atoms with E-state index >= 15 is 0 Å². The maximum Gasteiger partial charge on any atom is 0.265 e. The number of nitrogens with one attached hydrogen (secondary N) is 2. The fourth-order valence-electron chi connectivity index (χ4n) is 3.07. The monoisotopic (exact) mass is 382 g/mol. The van der Waals surface area contributed by atoms with Crippen LogP contribution in [0.3, 0.4) is 0 Å². The van der Waals surface area contributed by atoms with E-state index in [1.54, 1.807) is 42.6 Å². The van der Waals surface area contributed by atoms with E-state index in [-0.39, 0.29) is 11.7 Å². The molecular formula is C20H19FN4OS. The Kier molecular flexibility index (Phi) is 5.13. The third kappa shape index (κ3) is 3.84. The van der Waals surface area contributed by atoms with Crippen LogP contribution in [-0.4, -0.2) is 37.1 Å². The van der Waals surface area contributed by atoms with E-state index in [2.05, 4.69) is 20.5 Å². The lowest BCUT2D eigenvalue weighted by Crippen LogP contribution is -2.44. The van der Waals surface area contributed by atoms with E-state index in [4.69, 9.17) is 0 Å². The van der Waals surface area contributed by atoms with Gasteiger partial charge in [-0.15, -0.1) is 11.3 Å². The molecule has 0 atom stereocenters. The number of benzene rings is 1. The summed E-state index contributed by atoms with van der Waals surface area (Å²) in [6.45, 7) is 3.47. The van der Waals surface area contributed by atoms with Crippen LogP contribution in [0.5, 0.6) is 0 Å². The van der Waals surface area contributed by atoms with Gasteiger partial charge in [0.05, 0.1) is 10.6 Å². The standard InChI is InChI=1S/C20H19FN4OS/c21-15-5-2-1-4-14(15)17-7-8-18(27-17)20(26)24-16-6-3-9-23-19(16)25-12-10-22-11-13-25/h1-9,22H,10-13H2,(H,24,26). The highest BCUT2D eigenvalue weighted by molar-refractivity contribution is 7.17. The summed E-state index contributed by atoms with van der Waals surface area (Å²) in [5.74, 6) is 0.268. The highest BCUT2D eigenvalue weighted by Gasteiger charge is 2.18. The first-order chi connectivity index (χ1) is 13.2. The van der Waals surface area contributed by atoms with Crippen molar-refractivity contribution in [3.63, 3.8) is 0 Å². The van der Waals surface area contributed by atoms with Crippen molar-refractivity contribution in [3.8, 4) is 10.4 Å². The van der Waals surface area contributed by atoms with Crippen LogP contribution in [0, 0.1) is 5.82 Å². The third-order valence-corrected chi connectivity index (χ3v) is 5.54. The number of thiophene rings is 1. The number of halogens is 1. The molecule has 0 spiro atoms. The summed E-state index contributed by atoms with van der Waals surface area (Å²) in [5, 5.41) is 6.26. The van der Waals surface area contributed by atoms with Crippen LogP contribution < -0.4 is 15.5 Å². The van der Waals surface area contributed by atoms with Gasteiger partial charge in [0.25, 0.3) is 5.91 Å². The summed E-state index contributed by atoms with van der Waals surface area (Å²) in [6.07, 6.45) is 1.73. The summed E-state index contributed by atoms with van der Waals surface area (Å²) in [7, 11) is 0. The van der Waals surface area contributed by atoms with Crippen LogP contribution in [0.2, 0.25) is 0 Å². The van der Waals surface area contributed by atoms with Crippen molar-refractivity contribution in [3.05, 3.63) is 65.4 Å². The zero-order chi connectivity index (χ0) is 18.6. The molecule has 1 aliphatic heterocycles. The molecule has 2 N–H and O–H groups in total. The maximum atomic E-state index is 14.0. The van der Waals surface area contributed by atoms with Gasteiger partial charge in [0.2, 0.25) is 0 Å². The average molecular weight is 382 g/mol. The lowest BCUT2D eigenvalue weighted by atomic mass is 10.2. The summed E-state index contributed by atoms with van der Waals surface area (Å²) in [4.78, 5) is 20.6. The van der Waals surface area contributed by atoms with Gasteiger partial charge in [0.1, 0.15) is 5.82 Å². The maximum absolute atomic E-state index is 14.0. The Morgan fingerprint density at radius 1 is 1.11 bits per heavy atom. The van der Waals surface area contributed by atoms with E-state index in [1.165, 1.54) is 17.4 Å². The van der Waals surface area contributed by atoms with E-state index in [0.29, 0.717) is 16.1 Å². The molecular weight excluding hydrogens is 363 g/mol. The molecule has 1 amide bonds. The smallest absolute Gasteiger partial charge is 0.265 e. The minimum absolute atomic E-state index is 0.216. The molecule has 3 heterocycles. The molecule has 2 aromatic heterocycles. The quantitative estimate of drug-likeness (QED) is 0.724. The molecule has 138 valence electrons. The fraction of sp³-hybridized carbons (Fsp3) is 0.200. The molecule has 3 aromatic rings. The van der Waals surface area contributed by atoms with Crippen molar-refractivity contribution in [2.24, 2.45) is 0 Å². The predicted molar refractivity (Wildman–Crippen MR) is 107 cm³/mol. The van der Waals surface area contributed by atoms with Gasteiger partial charge in [-0.25, -0.2) is 9.37 Å². The number of hydrogen-bond donors (Lipinski definition) is 2. The predicted octanol–water partition coefficient (Wildman–Crippen LogP) is 3.61. The fourth-order valence-corrected chi connectivity index (χ4v) is 4.00. The van der Waals surface area contributed by atoms with E-state index in [9.17, 15) is 9.18 Å². The van der Waals surface area contributed by atoms with Crippen LogP contribution in [0.1, 0.15) is 9.67 Å². The number of rotatable bonds is 4. The number of carbonyl (C=O) groups excluding carboxylic acids is 1. The van der Waals surface area contributed by atoms with Crippen molar-refractivity contribution < 1.29 is 9.18 Å². The number of carbonyl (C=O) groups is 1. The van der Waals surface area contributed by atoms with Crippen molar-refractivity contribution in [1.29, 1.82) is 0 Å². The molecule has 1 saturated heterocycles. The Morgan fingerprint density at radius 3 is 2.74 bits per heavy atom. The first-order valence-electron chi connectivity index (χ1n) is 8.79. The SMILES string of the molecule is O=C(Nc1cccnc1N1CCNCC1)c1ccc(-c2ccccc2F)s1. The molecule has 0 bridgehead atoms. The summed E-state index contributed by atoms with van der Waals surface area (Å²) in [6, 6.07) is 13.7. The Bertz CT molecular complexity index is 952. The Hall–Kier alpha value is -2.77. The van der Waals surface area contributed by atoms with Gasteiger partial charge in [-0.3, -0.25) is 4.79 Å². The first kappa shape index (κ1) is 17.6. The molecule has 0 saturated carbocycles. The largest absolute Gasteiger partial charge is 0.352 e. The molecule has 7 heteroatoms. The van der Waals surface area contributed by atoms with Crippen LogP contribution >= 0.6 is 11.3 Å². The average Bonchev–Trinajstić information content (AvgIpc) is 3.19. The van der Waals surface area contributed by atoms with Gasteiger partial charge in [-0.2, -0.15) is 0 Å². The minimum Gasteiger partial charge on any atom is -0.352 e. The molecule has 0 aliphatic carbocycles. The zero-order valence-corrected chi connectivity index (χ0v) is 15.4. The summed E-state index contributed by atoms with van der Waals surface area (Å²) in [5.41, 5.74) is 1.19. The Labute approximate surface area is 160 Å². The van der Waals surface area contributed by atoms with Gasteiger partial charge in [-0.05, 0) is 30.3 Å². The van der Waals surface area contributed by atoms with Gasteiger partial charge >= 0.3 is 0 Å². The number of pyridine rings is 1. The number of hydrogen-bond acceptors (Lipinski definition) is 5. The van der Waals surface area contributed by atoms with Crippen LogP contribution in [0.15, 0.2) is 54.7 Å². The van der Waals surface area contributed by atoms with Gasteiger partial charge in [-0.1, -0.05) is 18.2 Å².